The molecule has 0 bridgehead atoms. The minimum atomic E-state index is 0.229. The Morgan fingerprint density at radius 1 is 1.17 bits per heavy atom. The van der Waals surface area contributed by atoms with Crippen LogP contribution in [0.3, 0.4) is 0 Å². The molecule has 98 valence electrons. The van der Waals surface area contributed by atoms with Crippen molar-refractivity contribution in [3.63, 3.8) is 0 Å². The van der Waals surface area contributed by atoms with Crippen molar-refractivity contribution in [3.8, 4) is 0 Å². The standard InChI is InChI=1S/C16H23NO/c1-2-6-14(7-3-1)13-17-15-8-11-18-16(12-15)9-4-5-10-16/h1-3,6-7,15,17H,4-5,8-13H2. The van der Waals surface area contributed by atoms with Gasteiger partial charge in [0.05, 0.1) is 5.60 Å². The molecule has 0 radical (unpaired) electrons. The fraction of sp³-hybridized carbons (Fsp3) is 0.625. The smallest absolute Gasteiger partial charge is 0.0697 e. The maximum absolute atomic E-state index is 6.07. The van der Waals surface area contributed by atoms with E-state index in [-0.39, 0.29) is 5.60 Å². The third-order valence-corrected chi connectivity index (χ3v) is 4.45. The Labute approximate surface area is 110 Å². The normalized spacial score (nSPS) is 26.6. The van der Waals surface area contributed by atoms with Crippen LogP contribution in [0.1, 0.15) is 44.1 Å². The molecular formula is C16H23NO. The minimum absolute atomic E-state index is 0.229. The van der Waals surface area contributed by atoms with Crippen LogP contribution in [0.15, 0.2) is 30.3 Å². The molecule has 1 aromatic carbocycles. The van der Waals surface area contributed by atoms with Gasteiger partial charge in [0.25, 0.3) is 0 Å². The van der Waals surface area contributed by atoms with Gasteiger partial charge in [-0.1, -0.05) is 43.2 Å². The van der Waals surface area contributed by atoms with Crippen molar-refractivity contribution in [2.75, 3.05) is 6.61 Å². The Kier molecular flexibility index (Phi) is 3.67. The molecule has 1 spiro atoms. The number of nitrogens with one attached hydrogen (secondary N) is 1. The molecule has 1 aromatic rings. The zero-order valence-electron chi connectivity index (χ0n) is 11.0. The van der Waals surface area contributed by atoms with Crippen molar-refractivity contribution in [1.29, 1.82) is 0 Å². The van der Waals surface area contributed by atoms with Gasteiger partial charge in [0, 0.05) is 19.2 Å². The van der Waals surface area contributed by atoms with Gasteiger partial charge >= 0.3 is 0 Å². The summed E-state index contributed by atoms with van der Waals surface area (Å²) in [5.74, 6) is 0. The predicted molar refractivity (Wildman–Crippen MR) is 73.5 cm³/mol. The summed E-state index contributed by atoms with van der Waals surface area (Å²) >= 11 is 0. The van der Waals surface area contributed by atoms with Gasteiger partial charge in [0.2, 0.25) is 0 Å². The van der Waals surface area contributed by atoms with Crippen molar-refractivity contribution in [3.05, 3.63) is 35.9 Å². The average molecular weight is 245 g/mol. The molecule has 1 aliphatic carbocycles. The van der Waals surface area contributed by atoms with Gasteiger partial charge in [0.1, 0.15) is 0 Å². The van der Waals surface area contributed by atoms with Crippen LogP contribution in [0, 0.1) is 0 Å². The number of benzene rings is 1. The fourth-order valence-electron chi connectivity index (χ4n) is 3.43. The first-order valence-corrected chi connectivity index (χ1v) is 7.28. The summed E-state index contributed by atoms with van der Waals surface area (Å²) in [6, 6.07) is 11.3. The van der Waals surface area contributed by atoms with E-state index in [0.29, 0.717) is 6.04 Å². The molecule has 1 saturated carbocycles. The number of hydrogen-bond acceptors (Lipinski definition) is 2. The maximum atomic E-state index is 6.07. The summed E-state index contributed by atoms with van der Waals surface area (Å²) in [5.41, 5.74) is 1.61. The second kappa shape index (κ2) is 5.41. The van der Waals surface area contributed by atoms with Crippen LogP contribution in [-0.2, 0) is 11.3 Å². The van der Waals surface area contributed by atoms with Crippen LogP contribution in [0.4, 0.5) is 0 Å². The number of hydrogen-bond donors (Lipinski definition) is 1. The van der Waals surface area contributed by atoms with Gasteiger partial charge < -0.3 is 10.1 Å². The van der Waals surface area contributed by atoms with Crippen LogP contribution in [-0.4, -0.2) is 18.2 Å². The lowest BCUT2D eigenvalue weighted by atomic mass is 9.89. The lowest BCUT2D eigenvalue weighted by molar-refractivity contribution is -0.0837. The molecule has 1 atom stereocenters. The fourth-order valence-corrected chi connectivity index (χ4v) is 3.43. The van der Waals surface area contributed by atoms with Crippen molar-refractivity contribution in [2.45, 2.75) is 56.7 Å². The van der Waals surface area contributed by atoms with Crippen molar-refractivity contribution in [2.24, 2.45) is 0 Å². The van der Waals surface area contributed by atoms with E-state index >= 15 is 0 Å². The minimum Gasteiger partial charge on any atom is -0.375 e. The second-order valence-electron chi connectivity index (χ2n) is 5.79. The van der Waals surface area contributed by atoms with Crippen LogP contribution in [0.25, 0.3) is 0 Å². The average Bonchev–Trinajstić information content (AvgIpc) is 2.86. The molecule has 0 aromatic heterocycles. The Hall–Kier alpha value is -0.860. The summed E-state index contributed by atoms with van der Waals surface area (Å²) in [6.45, 7) is 1.92. The van der Waals surface area contributed by atoms with E-state index in [1.165, 1.54) is 37.7 Å². The van der Waals surface area contributed by atoms with Crippen molar-refractivity contribution in [1.82, 2.24) is 5.32 Å². The SMILES string of the molecule is c1ccc(CNC2CCOC3(CCCC3)C2)cc1. The molecule has 2 nitrogen and oxygen atoms in total. The molecule has 2 aliphatic rings. The first kappa shape index (κ1) is 12.2. The van der Waals surface area contributed by atoms with Crippen molar-refractivity contribution < 1.29 is 4.74 Å². The largest absolute Gasteiger partial charge is 0.375 e. The maximum Gasteiger partial charge on any atom is 0.0697 e. The summed E-state index contributed by atoms with van der Waals surface area (Å²) in [5, 5.41) is 3.71. The van der Waals surface area contributed by atoms with Crippen LogP contribution in [0.2, 0.25) is 0 Å². The molecule has 3 rings (SSSR count). The van der Waals surface area contributed by atoms with E-state index in [1.54, 1.807) is 0 Å². The molecule has 18 heavy (non-hydrogen) atoms. The van der Waals surface area contributed by atoms with E-state index in [2.05, 4.69) is 35.6 Å². The molecule has 0 amide bonds. The molecule has 1 saturated heterocycles. The van der Waals surface area contributed by atoms with Crippen LogP contribution >= 0.6 is 0 Å². The van der Waals surface area contributed by atoms with E-state index < -0.39 is 0 Å². The number of ether oxygens (including phenoxy) is 1. The first-order chi connectivity index (χ1) is 8.86. The highest BCUT2D eigenvalue weighted by atomic mass is 16.5. The highest BCUT2D eigenvalue weighted by Gasteiger charge is 2.39. The second-order valence-corrected chi connectivity index (χ2v) is 5.79. The number of rotatable bonds is 3. The molecule has 1 heterocycles. The van der Waals surface area contributed by atoms with Gasteiger partial charge in [-0.15, -0.1) is 0 Å². The molecule has 2 fully saturated rings. The van der Waals surface area contributed by atoms with E-state index in [0.717, 1.165) is 19.6 Å². The van der Waals surface area contributed by atoms with Crippen LogP contribution < -0.4 is 5.32 Å². The highest BCUT2D eigenvalue weighted by molar-refractivity contribution is 5.14. The van der Waals surface area contributed by atoms with E-state index in [4.69, 9.17) is 4.74 Å². The lowest BCUT2D eigenvalue weighted by Gasteiger charge is -2.38. The third kappa shape index (κ3) is 2.76. The molecule has 1 unspecified atom stereocenters. The Morgan fingerprint density at radius 2 is 1.94 bits per heavy atom. The Morgan fingerprint density at radius 3 is 2.72 bits per heavy atom. The predicted octanol–water partition coefficient (Wildman–Crippen LogP) is 3.27. The topological polar surface area (TPSA) is 21.3 Å². The Bertz CT molecular complexity index is 370. The Balaban J connectivity index is 1.54. The van der Waals surface area contributed by atoms with Crippen molar-refractivity contribution >= 4 is 0 Å². The highest BCUT2D eigenvalue weighted by Crippen LogP contribution is 2.39. The zero-order valence-corrected chi connectivity index (χ0v) is 11.0. The third-order valence-electron chi connectivity index (χ3n) is 4.45. The molecular weight excluding hydrogens is 222 g/mol. The van der Waals surface area contributed by atoms with Gasteiger partial charge in [-0.2, -0.15) is 0 Å². The molecule has 2 heteroatoms. The van der Waals surface area contributed by atoms with E-state index in [1.807, 2.05) is 0 Å². The summed E-state index contributed by atoms with van der Waals surface area (Å²) in [4.78, 5) is 0. The van der Waals surface area contributed by atoms with Gasteiger partial charge in [0.15, 0.2) is 0 Å². The van der Waals surface area contributed by atoms with Gasteiger partial charge in [-0.25, -0.2) is 0 Å². The summed E-state index contributed by atoms with van der Waals surface area (Å²) in [6.07, 6.45) is 7.62. The van der Waals surface area contributed by atoms with Gasteiger partial charge in [-0.3, -0.25) is 0 Å². The quantitative estimate of drug-likeness (QED) is 0.882. The monoisotopic (exact) mass is 245 g/mol. The molecule has 1 aliphatic heterocycles. The van der Waals surface area contributed by atoms with E-state index in [9.17, 15) is 0 Å². The summed E-state index contributed by atoms with van der Waals surface area (Å²) in [7, 11) is 0. The first-order valence-electron chi connectivity index (χ1n) is 7.28. The molecule has 1 N–H and O–H groups in total. The lowest BCUT2D eigenvalue weighted by Crippen LogP contribution is -2.45. The zero-order chi connectivity index (χ0) is 12.3. The summed E-state index contributed by atoms with van der Waals surface area (Å²) < 4.78 is 6.07. The van der Waals surface area contributed by atoms with Gasteiger partial charge in [-0.05, 0) is 31.2 Å². The van der Waals surface area contributed by atoms with Crippen LogP contribution in [0.5, 0.6) is 0 Å².